The van der Waals surface area contributed by atoms with Crippen molar-refractivity contribution < 1.29 is 9.53 Å². The fourth-order valence-corrected chi connectivity index (χ4v) is 3.58. The van der Waals surface area contributed by atoms with Crippen molar-refractivity contribution in [2.75, 3.05) is 12.4 Å². The largest absolute Gasteiger partial charge is 0.495 e. The molecule has 0 spiro atoms. The second-order valence-corrected chi connectivity index (χ2v) is 7.45. The fraction of sp³-hybridized carbons (Fsp3) is 0.300. The number of rotatable bonds is 8. The molecular formula is C20H23N5O2S. The Morgan fingerprint density at radius 1 is 1.21 bits per heavy atom. The van der Waals surface area contributed by atoms with Crippen LogP contribution in [0.3, 0.4) is 0 Å². The van der Waals surface area contributed by atoms with Crippen molar-refractivity contribution in [3.05, 3.63) is 48.8 Å². The topological polar surface area (TPSA) is 81.9 Å². The number of ether oxygens (including phenoxy) is 1. The van der Waals surface area contributed by atoms with Gasteiger partial charge in [0.05, 0.1) is 18.0 Å². The van der Waals surface area contributed by atoms with Crippen LogP contribution in [0.25, 0.3) is 11.4 Å². The van der Waals surface area contributed by atoms with E-state index in [1.54, 1.807) is 19.5 Å². The number of carbonyl (C=O) groups is 1. The number of pyridine rings is 1. The van der Waals surface area contributed by atoms with E-state index >= 15 is 0 Å². The molecule has 1 atom stereocenters. The summed E-state index contributed by atoms with van der Waals surface area (Å²) in [6.07, 6.45) is 4.40. The van der Waals surface area contributed by atoms with Crippen LogP contribution in [0.5, 0.6) is 5.75 Å². The Morgan fingerprint density at radius 2 is 1.96 bits per heavy atom. The van der Waals surface area contributed by atoms with Crippen LogP contribution in [0, 0.1) is 0 Å². The molecule has 0 fully saturated rings. The molecule has 2 heterocycles. The van der Waals surface area contributed by atoms with Gasteiger partial charge in [-0.15, -0.1) is 10.2 Å². The number of carbonyl (C=O) groups excluding carboxylic acids is 1. The average molecular weight is 398 g/mol. The van der Waals surface area contributed by atoms with Crippen LogP contribution in [0.2, 0.25) is 0 Å². The molecule has 28 heavy (non-hydrogen) atoms. The third-order valence-corrected chi connectivity index (χ3v) is 5.20. The van der Waals surface area contributed by atoms with E-state index in [0.717, 1.165) is 29.5 Å². The van der Waals surface area contributed by atoms with Crippen LogP contribution in [0.4, 0.5) is 5.69 Å². The first-order valence-electron chi connectivity index (χ1n) is 9.08. The fourth-order valence-electron chi connectivity index (χ4n) is 2.71. The minimum Gasteiger partial charge on any atom is -0.495 e. The molecule has 0 aliphatic heterocycles. The van der Waals surface area contributed by atoms with Crippen molar-refractivity contribution in [3.8, 4) is 17.1 Å². The Kier molecular flexibility index (Phi) is 6.65. The van der Waals surface area contributed by atoms with Gasteiger partial charge in [-0.1, -0.05) is 30.8 Å². The van der Waals surface area contributed by atoms with E-state index in [0.29, 0.717) is 11.4 Å². The molecule has 0 aliphatic carbocycles. The minimum absolute atomic E-state index is 0.119. The van der Waals surface area contributed by atoms with E-state index in [9.17, 15) is 4.79 Å². The highest BCUT2D eigenvalue weighted by Crippen LogP contribution is 2.29. The van der Waals surface area contributed by atoms with Gasteiger partial charge >= 0.3 is 0 Å². The molecule has 0 unspecified atom stereocenters. The zero-order valence-corrected chi connectivity index (χ0v) is 16.9. The van der Waals surface area contributed by atoms with Crippen LogP contribution >= 0.6 is 11.8 Å². The highest BCUT2D eigenvalue weighted by molar-refractivity contribution is 8.00. The van der Waals surface area contributed by atoms with Gasteiger partial charge in [0.2, 0.25) is 5.91 Å². The molecule has 1 N–H and O–H groups in total. The van der Waals surface area contributed by atoms with Gasteiger partial charge in [0.25, 0.3) is 0 Å². The Bertz CT molecular complexity index is 929. The van der Waals surface area contributed by atoms with Crippen LogP contribution in [0.15, 0.2) is 53.9 Å². The number of hydrogen-bond donors (Lipinski definition) is 1. The van der Waals surface area contributed by atoms with Gasteiger partial charge in [-0.3, -0.25) is 9.78 Å². The molecule has 1 amide bonds. The summed E-state index contributed by atoms with van der Waals surface area (Å²) < 4.78 is 7.34. The molecule has 8 heteroatoms. The summed E-state index contributed by atoms with van der Waals surface area (Å²) >= 11 is 1.39. The normalized spacial score (nSPS) is 11.8. The Hall–Kier alpha value is -2.87. The maximum absolute atomic E-state index is 12.7. The summed E-state index contributed by atoms with van der Waals surface area (Å²) in [6.45, 7) is 4.73. The van der Waals surface area contributed by atoms with E-state index in [4.69, 9.17) is 4.74 Å². The molecule has 0 bridgehead atoms. The molecular weight excluding hydrogens is 374 g/mol. The molecule has 0 aliphatic rings. The molecule has 3 rings (SSSR count). The molecule has 146 valence electrons. The van der Waals surface area contributed by atoms with Crippen LogP contribution in [0.1, 0.15) is 20.3 Å². The number of anilines is 1. The Labute approximate surface area is 168 Å². The highest BCUT2D eigenvalue weighted by atomic mass is 32.2. The van der Waals surface area contributed by atoms with Crippen molar-refractivity contribution in [1.29, 1.82) is 0 Å². The van der Waals surface area contributed by atoms with Gasteiger partial charge in [0, 0.05) is 24.5 Å². The lowest BCUT2D eigenvalue weighted by Gasteiger charge is -2.14. The number of amides is 1. The maximum atomic E-state index is 12.7. The Morgan fingerprint density at radius 3 is 2.68 bits per heavy atom. The highest BCUT2D eigenvalue weighted by Gasteiger charge is 2.21. The maximum Gasteiger partial charge on any atom is 0.237 e. The zero-order chi connectivity index (χ0) is 19.9. The second kappa shape index (κ2) is 9.36. The summed E-state index contributed by atoms with van der Waals surface area (Å²) in [7, 11) is 1.58. The SMILES string of the molecule is CCCn1c(S[C@@H](C)C(=O)Nc2ccccc2OC)nnc1-c1ccncc1. The van der Waals surface area contributed by atoms with Crippen molar-refractivity contribution in [1.82, 2.24) is 19.7 Å². The molecule has 3 aromatic rings. The van der Waals surface area contributed by atoms with Crippen molar-refractivity contribution in [2.24, 2.45) is 0 Å². The summed E-state index contributed by atoms with van der Waals surface area (Å²) in [6, 6.07) is 11.2. The van der Waals surface area contributed by atoms with E-state index in [1.807, 2.05) is 47.9 Å². The summed E-state index contributed by atoms with van der Waals surface area (Å²) in [5.74, 6) is 1.29. The van der Waals surface area contributed by atoms with Gasteiger partial charge in [0.1, 0.15) is 5.75 Å². The second-order valence-electron chi connectivity index (χ2n) is 6.14. The standard InChI is InChI=1S/C20H23N5O2S/c1-4-13-25-18(15-9-11-21-12-10-15)23-24-20(25)28-14(2)19(26)22-16-7-5-6-8-17(16)27-3/h5-12,14H,4,13H2,1-3H3,(H,22,26)/t14-/m0/s1. The number of para-hydroxylation sites is 2. The molecule has 0 radical (unpaired) electrons. The van der Waals surface area contributed by atoms with E-state index in [1.165, 1.54) is 11.8 Å². The quantitative estimate of drug-likeness (QED) is 0.581. The van der Waals surface area contributed by atoms with Gasteiger partial charge < -0.3 is 14.6 Å². The lowest BCUT2D eigenvalue weighted by molar-refractivity contribution is -0.115. The van der Waals surface area contributed by atoms with Crippen LogP contribution < -0.4 is 10.1 Å². The molecule has 0 saturated heterocycles. The van der Waals surface area contributed by atoms with Gasteiger partial charge in [-0.2, -0.15) is 0 Å². The number of nitrogens with one attached hydrogen (secondary N) is 1. The first-order chi connectivity index (χ1) is 13.6. The molecule has 2 aromatic heterocycles. The first kappa shape index (κ1) is 19.9. The lowest BCUT2D eigenvalue weighted by atomic mass is 10.2. The van der Waals surface area contributed by atoms with E-state index < -0.39 is 0 Å². The van der Waals surface area contributed by atoms with Crippen LogP contribution in [-0.2, 0) is 11.3 Å². The lowest BCUT2D eigenvalue weighted by Crippen LogP contribution is -2.23. The number of benzene rings is 1. The minimum atomic E-state index is -0.352. The molecule has 1 aromatic carbocycles. The van der Waals surface area contributed by atoms with Crippen molar-refractivity contribution in [3.63, 3.8) is 0 Å². The zero-order valence-electron chi connectivity index (χ0n) is 16.1. The summed E-state index contributed by atoms with van der Waals surface area (Å²) in [4.78, 5) is 16.7. The van der Waals surface area contributed by atoms with Gasteiger partial charge in [0.15, 0.2) is 11.0 Å². The third-order valence-electron chi connectivity index (χ3n) is 4.12. The summed E-state index contributed by atoms with van der Waals surface area (Å²) in [5, 5.41) is 12.0. The predicted octanol–water partition coefficient (Wildman–Crippen LogP) is 3.88. The smallest absolute Gasteiger partial charge is 0.237 e. The molecule has 7 nitrogen and oxygen atoms in total. The number of methoxy groups -OCH3 is 1. The predicted molar refractivity (Wildman–Crippen MR) is 110 cm³/mol. The van der Waals surface area contributed by atoms with Gasteiger partial charge in [-0.05, 0) is 37.6 Å². The average Bonchev–Trinajstić information content (AvgIpc) is 3.11. The summed E-state index contributed by atoms with van der Waals surface area (Å²) in [5.41, 5.74) is 1.60. The number of aromatic nitrogens is 4. The van der Waals surface area contributed by atoms with E-state index in [-0.39, 0.29) is 11.2 Å². The first-order valence-corrected chi connectivity index (χ1v) is 9.96. The van der Waals surface area contributed by atoms with Gasteiger partial charge in [-0.25, -0.2) is 0 Å². The number of hydrogen-bond acceptors (Lipinski definition) is 6. The number of nitrogens with zero attached hydrogens (tertiary/aromatic N) is 4. The monoisotopic (exact) mass is 397 g/mol. The van der Waals surface area contributed by atoms with E-state index in [2.05, 4.69) is 27.4 Å². The van der Waals surface area contributed by atoms with Crippen molar-refractivity contribution in [2.45, 2.75) is 37.2 Å². The molecule has 0 saturated carbocycles. The Balaban J connectivity index is 1.77. The number of thioether (sulfide) groups is 1. The third kappa shape index (κ3) is 4.51. The van der Waals surface area contributed by atoms with Crippen molar-refractivity contribution >= 4 is 23.4 Å². The van der Waals surface area contributed by atoms with Crippen LogP contribution in [-0.4, -0.2) is 38.0 Å².